The highest BCUT2D eigenvalue weighted by molar-refractivity contribution is 5.98. The summed E-state index contributed by atoms with van der Waals surface area (Å²) in [5.41, 5.74) is 4.85. The topological polar surface area (TPSA) is 114 Å². The number of methoxy groups -OCH3 is 1. The zero-order chi connectivity index (χ0) is 24.3. The van der Waals surface area contributed by atoms with Crippen LogP contribution in [0.5, 0.6) is 5.75 Å². The maximum Gasteiger partial charge on any atom is 0.271 e. The van der Waals surface area contributed by atoms with Crippen LogP contribution in [0.4, 0.5) is 0 Å². The van der Waals surface area contributed by atoms with E-state index in [1.54, 1.807) is 19.4 Å². The maximum atomic E-state index is 12.5. The van der Waals surface area contributed by atoms with E-state index in [9.17, 15) is 14.4 Å². The van der Waals surface area contributed by atoms with Crippen molar-refractivity contribution in [3.63, 3.8) is 0 Å². The lowest BCUT2D eigenvalue weighted by Crippen LogP contribution is -2.33. The average molecular weight is 464 g/mol. The van der Waals surface area contributed by atoms with Gasteiger partial charge in [0.2, 0.25) is 11.8 Å². The second-order valence-corrected chi connectivity index (χ2v) is 7.69. The van der Waals surface area contributed by atoms with Gasteiger partial charge >= 0.3 is 0 Å². The molecule has 178 valence electrons. The molecular formula is C25H29N5O4. The number of benzene rings is 2. The molecule has 9 heteroatoms. The molecule has 3 N–H and O–H groups in total. The fourth-order valence-electron chi connectivity index (χ4n) is 3.43. The third-order valence-corrected chi connectivity index (χ3v) is 5.13. The molecule has 0 radical (unpaired) electrons. The summed E-state index contributed by atoms with van der Waals surface area (Å²) in [4.78, 5) is 35.2. The normalized spacial score (nSPS) is 10.9. The molecule has 34 heavy (non-hydrogen) atoms. The molecule has 1 aromatic heterocycles. The van der Waals surface area contributed by atoms with Crippen LogP contribution in [0.25, 0.3) is 10.9 Å². The van der Waals surface area contributed by atoms with E-state index >= 15 is 0 Å². The zero-order valence-electron chi connectivity index (χ0n) is 19.3. The second kappa shape index (κ2) is 12.2. The van der Waals surface area contributed by atoms with Gasteiger partial charge in [-0.05, 0) is 48.4 Å². The number of rotatable bonds is 11. The highest BCUT2D eigenvalue weighted by atomic mass is 16.5. The molecule has 0 aliphatic rings. The van der Waals surface area contributed by atoms with Crippen molar-refractivity contribution in [2.75, 3.05) is 20.2 Å². The van der Waals surface area contributed by atoms with Crippen LogP contribution in [0.15, 0.2) is 59.8 Å². The number of aromatic nitrogens is 1. The molecule has 0 aliphatic carbocycles. The number of hydrogen-bond donors (Lipinski definition) is 3. The lowest BCUT2D eigenvalue weighted by molar-refractivity contribution is -0.122. The molecule has 0 atom stereocenters. The second-order valence-electron chi connectivity index (χ2n) is 7.69. The Morgan fingerprint density at radius 2 is 1.88 bits per heavy atom. The van der Waals surface area contributed by atoms with Gasteiger partial charge in [0.25, 0.3) is 5.91 Å². The van der Waals surface area contributed by atoms with Crippen LogP contribution in [0.2, 0.25) is 0 Å². The minimum Gasteiger partial charge on any atom is -0.497 e. The van der Waals surface area contributed by atoms with E-state index in [1.165, 1.54) is 6.92 Å². The minimum absolute atomic E-state index is 0.0460. The molecule has 0 saturated carbocycles. The van der Waals surface area contributed by atoms with E-state index in [1.807, 2.05) is 48.7 Å². The Hall–Kier alpha value is -4.14. The smallest absolute Gasteiger partial charge is 0.271 e. The van der Waals surface area contributed by atoms with Crippen LogP contribution < -0.4 is 20.8 Å². The number of fused-ring (bicyclic) bond motifs is 1. The lowest BCUT2D eigenvalue weighted by Gasteiger charge is -2.08. The van der Waals surface area contributed by atoms with E-state index in [0.717, 1.165) is 16.5 Å². The number of carbonyl (C=O) groups is 3. The Balaban J connectivity index is 1.50. The van der Waals surface area contributed by atoms with Crippen molar-refractivity contribution in [1.29, 1.82) is 0 Å². The van der Waals surface area contributed by atoms with Gasteiger partial charge in [-0.15, -0.1) is 0 Å². The van der Waals surface area contributed by atoms with Gasteiger partial charge in [-0.2, -0.15) is 5.10 Å². The molecule has 0 spiro atoms. The number of aryl methyl sites for hydroxylation is 1. The Kier molecular flexibility index (Phi) is 8.79. The molecule has 2 aromatic carbocycles. The van der Waals surface area contributed by atoms with Crippen molar-refractivity contribution in [2.45, 2.75) is 26.3 Å². The monoisotopic (exact) mass is 463 g/mol. The van der Waals surface area contributed by atoms with E-state index in [0.29, 0.717) is 43.8 Å². The number of carbonyl (C=O) groups excluding carboxylic acids is 3. The van der Waals surface area contributed by atoms with E-state index in [-0.39, 0.29) is 17.7 Å². The fraction of sp³-hybridized carbons (Fsp3) is 0.280. The average Bonchev–Trinajstić information content (AvgIpc) is 3.24. The fourth-order valence-corrected chi connectivity index (χ4v) is 3.43. The largest absolute Gasteiger partial charge is 0.497 e. The van der Waals surface area contributed by atoms with Crippen LogP contribution in [0.3, 0.4) is 0 Å². The summed E-state index contributed by atoms with van der Waals surface area (Å²) in [7, 11) is 1.59. The maximum absolute atomic E-state index is 12.5. The summed E-state index contributed by atoms with van der Waals surface area (Å²) < 4.78 is 7.23. The predicted molar refractivity (Wildman–Crippen MR) is 131 cm³/mol. The van der Waals surface area contributed by atoms with Crippen molar-refractivity contribution < 1.29 is 19.1 Å². The molecule has 9 nitrogen and oxygen atoms in total. The first kappa shape index (κ1) is 24.5. The van der Waals surface area contributed by atoms with Crippen molar-refractivity contribution in [2.24, 2.45) is 5.10 Å². The molecule has 0 saturated heterocycles. The number of nitrogens with zero attached hydrogens (tertiary/aromatic N) is 2. The predicted octanol–water partition coefficient (Wildman–Crippen LogP) is 2.45. The van der Waals surface area contributed by atoms with E-state index in [2.05, 4.69) is 25.7 Å². The summed E-state index contributed by atoms with van der Waals surface area (Å²) >= 11 is 0. The third-order valence-electron chi connectivity index (χ3n) is 5.13. The Morgan fingerprint density at radius 1 is 1.06 bits per heavy atom. The molecular weight excluding hydrogens is 434 g/mol. The van der Waals surface area contributed by atoms with Gasteiger partial charge in [0.1, 0.15) is 5.75 Å². The summed E-state index contributed by atoms with van der Waals surface area (Å²) in [6.07, 6.45) is 4.58. The first-order valence-corrected chi connectivity index (χ1v) is 11.0. The SMILES string of the molecule is COc1cccc(C=NNC(=O)c2ccc3c(ccn3CCCC(=O)NCCNC(C)=O)c2)c1. The first-order valence-electron chi connectivity index (χ1n) is 11.0. The van der Waals surface area contributed by atoms with Crippen molar-refractivity contribution >= 4 is 34.8 Å². The van der Waals surface area contributed by atoms with Crippen molar-refractivity contribution in [3.8, 4) is 5.75 Å². The summed E-state index contributed by atoms with van der Waals surface area (Å²) in [5, 5.41) is 10.4. The summed E-state index contributed by atoms with van der Waals surface area (Å²) in [5.74, 6) is 0.253. The Bertz CT molecular complexity index is 1190. The van der Waals surface area contributed by atoms with Gasteiger partial charge in [-0.1, -0.05) is 12.1 Å². The summed E-state index contributed by atoms with van der Waals surface area (Å²) in [6.45, 7) is 2.96. The number of nitrogens with one attached hydrogen (secondary N) is 3. The van der Waals surface area contributed by atoms with Crippen LogP contribution in [-0.4, -0.2) is 48.7 Å². The summed E-state index contributed by atoms with van der Waals surface area (Å²) in [6, 6.07) is 14.8. The number of ether oxygens (including phenoxy) is 1. The van der Waals surface area contributed by atoms with Crippen LogP contribution in [0.1, 0.15) is 35.7 Å². The zero-order valence-corrected chi connectivity index (χ0v) is 19.3. The molecule has 3 rings (SSSR count). The molecule has 0 fully saturated rings. The molecule has 0 aliphatic heterocycles. The quantitative estimate of drug-likeness (QED) is 0.230. The Labute approximate surface area is 198 Å². The third kappa shape index (κ3) is 7.19. The highest BCUT2D eigenvalue weighted by Gasteiger charge is 2.09. The van der Waals surface area contributed by atoms with Crippen molar-refractivity contribution in [1.82, 2.24) is 20.6 Å². The van der Waals surface area contributed by atoms with Gasteiger partial charge in [0.15, 0.2) is 0 Å². The van der Waals surface area contributed by atoms with Gasteiger partial charge in [0, 0.05) is 55.6 Å². The van der Waals surface area contributed by atoms with E-state index in [4.69, 9.17) is 4.74 Å². The van der Waals surface area contributed by atoms with Crippen molar-refractivity contribution in [3.05, 3.63) is 65.9 Å². The van der Waals surface area contributed by atoms with Crippen LogP contribution in [-0.2, 0) is 16.1 Å². The molecule has 1 heterocycles. The standard InChI is InChI=1S/C25H29N5O4/c1-18(31)26-11-12-27-24(32)7-4-13-30-14-10-20-16-21(8-9-23(20)30)25(33)29-28-17-19-5-3-6-22(15-19)34-2/h3,5-6,8-10,14-17H,4,7,11-13H2,1-2H3,(H,26,31)(H,27,32)(H,29,33). The highest BCUT2D eigenvalue weighted by Crippen LogP contribution is 2.18. The molecule has 0 unspecified atom stereocenters. The minimum atomic E-state index is -0.301. The van der Waals surface area contributed by atoms with Gasteiger partial charge in [0.05, 0.1) is 13.3 Å². The number of hydrogen-bond acceptors (Lipinski definition) is 5. The van der Waals surface area contributed by atoms with Gasteiger partial charge < -0.3 is 19.9 Å². The van der Waals surface area contributed by atoms with Gasteiger partial charge in [-0.3, -0.25) is 14.4 Å². The number of hydrazone groups is 1. The first-order chi connectivity index (χ1) is 16.5. The van der Waals surface area contributed by atoms with Crippen LogP contribution >= 0.6 is 0 Å². The lowest BCUT2D eigenvalue weighted by atomic mass is 10.1. The molecule has 3 aromatic rings. The van der Waals surface area contributed by atoms with E-state index < -0.39 is 0 Å². The van der Waals surface area contributed by atoms with Gasteiger partial charge in [-0.25, -0.2) is 5.43 Å². The van der Waals surface area contributed by atoms with Crippen LogP contribution in [0, 0.1) is 0 Å². The Morgan fingerprint density at radius 3 is 2.68 bits per heavy atom. The molecule has 3 amide bonds. The number of amides is 3. The molecule has 0 bridgehead atoms.